The summed E-state index contributed by atoms with van der Waals surface area (Å²) in [6, 6.07) is 4.39. The minimum atomic E-state index is -0.199. The topological polar surface area (TPSA) is 58.6 Å². The van der Waals surface area contributed by atoms with Gasteiger partial charge in [0.2, 0.25) is 0 Å². The lowest BCUT2D eigenvalue weighted by molar-refractivity contribution is 0.0940. The molecule has 4 nitrogen and oxygen atoms in total. The van der Waals surface area contributed by atoms with E-state index in [0.29, 0.717) is 18.7 Å². The van der Waals surface area contributed by atoms with E-state index in [1.165, 1.54) is 18.2 Å². The van der Waals surface area contributed by atoms with Gasteiger partial charge >= 0.3 is 0 Å². The maximum absolute atomic E-state index is 11.8. The van der Waals surface area contributed by atoms with E-state index in [0.717, 1.165) is 25.9 Å². The molecular formula is C14H20ClNO3. The third-order valence-corrected chi connectivity index (χ3v) is 2.91. The van der Waals surface area contributed by atoms with Gasteiger partial charge in [0.25, 0.3) is 5.91 Å². The molecule has 0 fully saturated rings. The van der Waals surface area contributed by atoms with Crippen LogP contribution in [0.2, 0.25) is 5.02 Å². The van der Waals surface area contributed by atoms with E-state index in [-0.39, 0.29) is 16.7 Å². The molecule has 0 saturated heterocycles. The zero-order chi connectivity index (χ0) is 14.1. The van der Waals surface area contributed by atoms with E-state index < -0.39 is 0 Å². The molecule has 1 aromatic carbocycles. The minimum absolute atomic E-state index is 0.0254. The second-order valence-corrected chi connectivity index (χ2v) is 4.65. The molecule has 0 spiro atoms. The Bertz CT molecular complexity index is 410. The van der Waals surface area contributed by atoms with Crippen molar-refractivity contribution in [3.8, 4) is 5.75 Å². The van der Waals surface area contributed by atoms with E-state index in [9.17, 15) is 9.90 Å². The van der Waals surface area contributed by atoms with E-state index in [1.807, 2.05) is 0 Å². The maximum atomic E-state index is 11.8. The zero-order valence-corrected chi connectivity index (χ0v) is 11.9. The van der Waals surface area contributed by atoms with Gasteiger partial charge in [0.15, 0.2) is 0 Å². The van der Waals surface area contributed by atoms with Gasteiger partial charge < -0.3 is 15.2 Å². The molecule has 0 saturated carbocycles. The van der Waals surface area contributed by atoms with E-state index in [4.69, 9.17) is 16.3 Å². The Morgan fingerprint density at radius 2 is 2.11 bits per heavy atom. The number of carbonyl (C=O) groups is 1. The van der Waals surface area contributed by atoms with E-state index >= 15 is 0 Å². The minimum Gasteiger partial charge on any atom is -0.506 e. The smallest absolute Gasteiger partial charge is 0.251 e. The number of carbonyl (C=O) groups excluding carboxylic acids is 1. The number of rotatable bonds is 8. The van der Waals surface area contributed by atoms with Crippen molar-refractivity contribution in [1.82, 2.24) is 5.32 Å². The largest absolute Gasteiger partial charge is 0.506 e. The lowest BCUT2D eigenvalue weighted by atomic mass is 10.2. The first-order valence-corrected chi connectivity index (χ1v) is 6.87. The first kappa shape index (κ1) is 15.8. The molecule has 0 bridgehead atoms. The number of nitrogens with one attached hydrogen (secondary N) is 1. The van der Waals surface area contributed by atoms with Crippen molar-refractivity contribution in [2.24, 2.45) is 0 Å². The average molecular weight is 286 g/mol. The molecular weight excluding hydrogens is 266 g/mol. The molecule has 5 heteroatoms. The lowest BCUT2D eigenvalue weighted by Gasteiger charge is -2.06. The number of halogens is 1. The molecule has 0 aliphatic carbocycles. The van der Waals surface area contributed by atoms with Crippen LogP contribution in [0.25, 0.3) is 0 Å². The van der Waals surface area contributed by atoms with Crippen LogP contribution in [0.15, 0.2) is 18.2 Å². The van der Waals surface area contributed by atoms with Crippen LogP contribution < -0.4 is 5.32 Å². The van der Waals surface area contributed by atoms with Gasteiger partial charge in [0, 0.05) is 25.3 Å². The summed E-state index contributed by atoms with van der Waals surface area (Å²) in [6.45, 7) is 4.10. The number of unbranched alkanes of at least 4 members (excludes halogenated alkanes) is 1. The number of benzene rings is 1. The molecule has 2 N–H and O–H groups in total. The van der Waals surface area contributed by atoms with Crippen LogP contribution in [0, 0.1) is 0 Å². The van der Waals surface area contributed by atoms with Crippen molar-refractivity contribution >= 4 is 17.5 Å². The summed E-state index contributed by atoms with van der Waals surface area (Å²) in [5.41, 5.74) is 0.440. The first-order chi connectivity index (χ1) is 9.15. The van der Waals surface area contributed by atoms with Crippen LogP contribution in [0.1, 0.15) is 36.5 Å². The van der Waals surface area contributed by atoms with Gasteiger partial charge in [-0.1, -0.05) is 24.9 Å². The third-order valence-electron chi connectivity index (χ3n) is 2.60. The summed E-state index contributed by atoms with van der Waals surface area (Å²) in [5, 5.41) is 12.2. The van der Waals surface area contributed by atoms with Crippen molar-refractivity contribution in [1.29, 1.82) is 0 Å². The van der Waals surface area contributed by atoms with Crippen LogP contribution >= 0.6 is 11.6 Å². The summed E-state index contributed by atoms with van der Waals surface area (Å²) in [6.07, 6.45) is 2.97. The van der Waals surface area contributed by atoms with Gasteiger partial charge in [-0.3, -0.25) is 4.79 Å². The van der Waals surface area contributed by atoms with Crippen LogP contribution in [0.3, 0.4) is 0 Å². The Morgan fingerprint density at radius 3 is 2.79 bits per heavy atom. The molecule has 0 aliphatic rings. The van der Waals surface area contributed by atoms with Crippen molar-refractivity contribution in [2.75, 3.05) is 19.8 Å². The molecule has 1 amide bonds. The first-order valence-electron chi connectivity index (χ1n) is 6.49. The summed E-state index contributed by atoms with van der Waals surface area (Å²) < 4.78 is 5.39. The highest BCUT2D eigenvalue weighted by Gasteiger charge is 2.07. The Morgan fingerprint density at radius 1 is 1.37 bits per heavy atom. The fraction of sp³-hybridized carbons (Fsp3) is 0.500. The Kier molecular flexibility index (Phi) is 7.30. The standard InChI is InChI=1S/C14H20ClNO3/c1-2-3-8-19-9-4-7-16-14(18)11-5-6-13(17)12(15)10-11/h5-6,10,17H,2-4,7-9H2,1H3,(H,16,18). The molecule has 0 heterocycles. The molecule has 0 atom stereocenters. The number of hydrogen-bond acceptors (Lipinski definition) is 3. The fourth-order valence-corrected chi connectivity index (χ4v) is 1.66. The molecule has 0 radical (unpaired) electrons. The zero-order valence-electron chi connectivity index (χ0n) is 11.1. The highest BCUT2D eigenvalue weighted by atomic mass is 35.5. The van der Waals surface area contributed by atoms with Gasteiger partial charge in [-0.2, -0.15) is 0 Å². The van der Waals surface area contributed by atoms with Crippen molar-refractivity contribution in [3.05, 3.63) is 28.8 Å². The van der Waals surface area contributed by atoms with Crippen molar-refractivity contribution < 1.29 is 14.6 Å². The quantitative estimate of drug-likeness (QED) is 0.722. The normalized spacial score (nSPS) is 10.4. The summed E-state index contributed by atoms with van der Waals surface area (Å²) in [5.74, 6) is -0.224. The molecule has 1 rings (SSSR count). The number of hydrogen-bond donors (Lipinski definition) is 2. The van der Waals surface area contributed by atoms with E-state index in [2.05, 4.69) is 12.2 Å². The van der Waals surface area contributed by atoms with Crippen LogP contribution in [0.4, 0.5) is 0 Å². The molecule has 106 valence electrons. The Labute approximate surface area is 118 Å². The molecule has 19 heavy (non-hydrogen) atoms. The summed E-state index contributed by atoms with van der Waals surface area (Å²) >= 11 is 5.74. The van der Waals surface area contributed by atoms with Gasteiger partial charge in [0.05, 0.1) is 5.02 Å². The van der Waals surface area contributed by atoms with E-state index in [1.54, 1.807) is 0 Å². The Hall–Kier alpha value is -1.26. The SMILES string of the molecule is CCCCOCCCNC(=O)c1ccc(O)c(Cl)c1. The number of ether oxygens (including phenoxy) is 1. The molecule has 0 aliphatic heterocycles. The van der Waals surface area contributed by atoms with Crippen molar-refractivity contribution in [2.45, 2.75) is 26.2 Å². The molecule has 0 unspecified atom stereocenters. The number of phenolic OH excluding ortho intramolecular Hbond substituents is 1. The van der Waals surface area contributed by atoms with Crippen LogP contribution in [-0.4, -0.2) is 30.8 Å². The number of phenols is 1. The van der Waals surface area contributed by atoms with Crippen LogP contribution in [-0.2, 0) is 4.74 Å². The van der Waals surface area contributed by atoms with Gasteiger partial charge in [-0.15, -0.1) is 0 Å². The Balaban J connectivity index is 2.22. The lowest BCUT2D eigenvalue weighted by Crippen LogP contribution is -2.25. The summed E-state index contributed by atoms with van der Waals surface area (Å²) in [4.78, 5) is 11.8. The fourth-order valence-electron chi connectivity index (χ4n) is 1.47. The summed E-state index contributed by atoms with van der Waals surface area (Å²) in [7, 11) is 0. The number of aromatic hydroxyl groups is 1. The second-order valence-electron chi connectivity index (χ2n) is 4.24. The van der Waals surface area contributed by atoms with Gasteiger partial charge in [-0.05, 0) is 31.0 Å². The predicted molar refractivity (Wildman–Crippen MR) is 75.8 cm³/mol. The maximum Gasteiger partial charge on any atom is 0.251 e. The van der Waals surface area contributed by atoms with Gasteiger partial charge in [-0.25, -0.2) is 0 Å². The predicted octanol–water partition coefficient (Wildman–Crippen LogP) is 2.98. The van der Waals surface area contributed by atoms with Crippen LogP contribution in [0.5, 0.6) is 5.75 Å². The average Bonchev–Trinajstić information content (AvgIpc) is 2.40. The third kappa shape index (κ3) is 5.94. The molecule has 1 aromatic rings. The van der Waals surface area contributed by atoms with Gasteiger partial charge in [0.1, 0.15) is 5.75 Å². The highest BCUT2D eigenvalue weighted by molar-refractivity contribution is 6.32. The highest BCUT2D eigenvalue weighted by Crippen LogP contribution is 2.23. The molecule has 0 aromatic heterocycles. The second kappa shape index (κ2) is 8.77. The monoisotopic (exact) mass is 285 g/mol. The van der Waals surface area contributed by atoms with Crippen molar-refractivity contribution in [3.63, 3.8) is 0 Å². The number of amides is 1.